The minimum atomic E-state index is -0.303. The molecule has 2 N–H and O–H groups in total. The first-order valence-corrected chi connectivity index (χ1v) is 8.58. The van der Waals surface area contributed by atoms with Gasteiger partial charge in [0.1, 0.15) is 6.54 Å². The Kier molecular flexibility index (Phi) is 5.14. The zero-order chi connectivity index (χ0) is 17.6. The summed E-state index contributed by atoms with van der Waals surface area (Å²) in [6.45, 7) is 2.32. The molecular formula is C16H16N6O2S. The lowest BCUT2D eigenvalue weighted by Gasteiger charge is -2.07. The van der Waals surface area contributed by atoms with E-state index in [1.165, 1.54) is 16.1 Å². The molecule has 0 saturated carbocycles. The standard InChI is InChI=1S/C16H16N6O2S/c1-2-17-16(24)11-4-3-5-13(8-11)18-14(23)9-22-20-15(19-21-22)12-6-7-25-10-12/h3-8,10H,2,9H2,1H3,(H,17,24)(H,18,23). The number of thiophene rings is 1. The number of hydrogen-bond donors (Lipinski definition) is 2. The minimum Gasteiger partial charge on any atom is -0.352 e. The van der Waals surface area contributed by atoms with Crippen LogP contribution in [0, 0.1) is 0 Å². The molecule has 0 aliphatic heterocycles. The van der Waals surface area contributed by atoms with Crippen LogP contribution in [0.2, 0.25) is 0 Å². The van der Waals surface area contributed by atoms with Gasteiger partial charge >= 0.3 is 0 Å². The average molecular weight is 356 g/mol. The van der Waals surface area contributed by atoms with Crippen molar-refractivity contribution in [3.63, 3.8) is 0 Å². The molecule has 25 heavy (non-hydrogen) atoms. The molecule has 0 aliphatic carbocycles. The molecule has 0 atom stereocenters. The van der Waals surface area contributed by atoms with Gasteiger partial charge in [-0.3, -0.25) is 9.59 Å². The number of nitrogens with zero attached hydrogens (tertiary/aromatic N) is 4. The Balaban J connectivity index is 1.63. The number of benzene rings is 1. The molecule has 9 heteroatoms. The third-order valence-electron chi connectivity index (χ3n) is 3.26. The Morgan fingerprint density at radius 1 is 1.28 bits per heavy atom. The highest BCUT2D eigenvalue weighted by Crippen LogP contribution is 2.16. The molecule has 1 aromatic carbocycles. The Hall–Kier alpha value is -3.07. The lowest BCUT2D eigenvalue weighted by atomic mass is 10.2. The number of nitrogens with one attached hydrogen (secondary N) is 2. The molecular weight excluding hydrogens is 340 g/mol. The van der Waals surface area contributed by atoms with Crippen molar-refractivity contribution in [3.05, 3.63) is 46.7 Å². The summed E-state index contributed by atoms with van der Waals surface area (Å²) in [5, 5.41) is 21.3. The number of anilines is 1. The van der Waals surface area contributed by atoms with Gasteiger partial charge in [-0.05, 0) is 41.8 Å². The number of carbonyl (C=O) groups excluding carboxylic acids is 2. The van der Waals surface area contributed by atoms with Crippen LogP contribution in [0.4, 0.5) is 5.69 Å². The van der Waals surface area contributed by atoms with Crippen LogP contribution in [0.15, 0.2) is 41.1 Å². The summed E-state index contributed by atoms with van der Waals surface area (Å²) in [6, 6.07) is 8.62. The van der Waals surface area contributed by atoms with Gasteiger partial charge in [-0.25, -0.2) is 0 Å². The van der Waals surface area contributed by atoms with E-state index in [1.54, 1.807) is 24.3 Å². The molecule has 0 unspecified atom stereocenters. The fraction of sp³-hybridized carbons (Fsp3) is 0.188. The number of hydrogen-bond acceptors (Lipinski definition) is 6. The summed E-state index contributed by atoms with van der Waals surface area (Å²) in [5.41, 5.74) is 1.89. The fourth-order valence-corrected chi connectivity index (χ4v) is 2.78. The van der Waals surface area contributed by atoms with E-state index in [0.717, 1.165) is 5.56 Å². The van der Waals surface area contributed by atoms with Gasteiger partial charge in [-0.1, -0.05) is 6.07 Å². The molecule has 0 radical (unpaired) electrons. The summed E-state index contributed by atoms with van der Waals surface area (Å²) in [6.07, 6.45) is 0. The highest BCUT2D eigenvalue weighted by Gasteiger charge is 2.11. The second-order valence-corrected chi connectivity index (χ2v) is 5.92. The molecule has 2 aromatic heterocycles. The Labute approximate surface area is 147 Å². The Bertz CT molecular complexity index is 874. The van der Waals surface area contributed by atoms with Gasteiger partial charge in [0.15, 0.2) is 0 Å². The second-order valence-electron chi connectivity index (χ2n) is 5.14. The predicted molar refractivity (Wildman–Crippen MR) is 94.2 cm³/mol. The van der Waals surface area contributed by atoms with E-state index < -0.39 is 0 Å². The first-order chi connectivity index (χ1) is 12.2. The highest BCUT2D eigenvalue weighted by atomic mass is 32.1. The summed E-state index contributed by atoms with van der Waals surface area (Å²) >= 11 is 1.54. The van der Waals surface area contributed by atoms with Crippen LogP contribution in [-0.2, 0) is 11.3 Å². The summed E-state index contributed by atoms with van der Waals surface area (Å²) < 4.78 is 0. The molecule has 0 fully saturated rings. The number of tetrazole rings is 1. The lowest BCUT2D eigenvalue weighted by molar-refractivity contribution is -0.117. The molecule has 0 bridgehead atoms. The smallest absolute Gasteiger partial charge is 0.251 e. The van der Waals surface area contributed by atoms with Crippen LogP contribution in [0.25, 0.3) is 11.4 Å². The monoisotopic (exact) mass is 356 g/mol. The van der Waals surface area contributed by atoms with Crippen LogP contribution >= 0.6 is 11.3 Å². The maximum absolute atomic E-state index is 12.1. The molecule has 3 aromatic rings. The van der Waals surface area contributed by atoms with E-state index in [1.807, 2.05) is 23.8 Å². The van der Waals surface area contributed by atoms with E-state index >= 15 is 0 Å². The van der Waals surface area contributed by atoms with Gasteiger partial charge in [0.2, 0.25) is 11.7 Å². The summed E-state index contributed by atoms with van der Waals surface area (Å²) in [5.74, 6) is -0.00783. The maximum Gasteiger partial charge on any atom is 0.251 e. The quantitative estimate of drug-likeness (QED) is 0.701. The molecule has 2 heterocycles. The van der Waals surface area contributed by atoms with Crippen molar-refractivity contribution < 1.29 is 9.59 Å². The van der Waals surface area contributed by atoms with Crippen molar-refractivity contribution in [2.24, 2.45) is 0 Å². The summed E-state index contributed by atoms with van der Waals surface area (Å²) in [4.78, 5) is 25.2. The molecule has 0 spiro atoms. The van der Waals surface area contributed by atoms with Crippen LogP contribution in [-0.4, -0.2) is 38.6 Å². The average Bonchev–Trinajstić information content (AvgIpc) is 3.26. The largest absolute Gasteiger partial charge is 0.352 e. The molecule has 3 rings (SSSR count). The Morgan fingerprint density at radius 3 is 2.92 bits per heavy atom. The van der Waals surface area contributed by atoms with Gasteiger partial charge in [0.25, 0.3) is 5.91 Å². The van der Waals surface area contributed by atoms with E-state index in [0.29, 0.717) is 23.6 Å². The number of amides is 2. The minimum absolute atomic E-state index is 0.0669. The van der Waals surface area contributed by atoms with Crippen LogP contribution in [0.1, 0.15) is 17.3 Å². The van der Waals surface area contributed by atoms with Crippen molar-refractivity contribution in [2.75, 3.05) is 11.9 Å². The maximum atomic E-state index is 12.1. The highest BCUT2D eigenvalue weighted by molar-refractivity contribution is 7.08. The first-order valence-electron chi connectivity index (χ1n) is 7.64. The van der Waals surface area contributed by atoms with Gasteiger partial charge in [-0.15, -0.1) is 10.2 Å². The van der Waals surface area contributed by atoms with Crippen molar-refractivity contribution in [2.45, 2.75) is 13.5 Å². The van der Waals surface area contributed by atoms with E-state index in [-0.39, 0.29) is 18.4 Å². The zero-order valence-electron chi connectivity index (χ0n) is 13.5. The number of aromatic nitrogens is 4. The second kappa shape index (κ2) is 7.67. The predicted octanol–water partition coefficient (Wildman–Crippen LogP) is 1.79. The van der Waals surface area contributed by atoms with Crippen molar-refractivity contribution in [1.82, 2.24) is 25.5 Å². The van der Waals surface area contributed by atoms with E-state index in [4.69, 9.17) is 0 Å². The first kappa shape index (κ1) is 16.8. The topological polar surface area (TPSA) is 102 Å². The third kappa shape index (κ3) is 4.27. The van der Waals surface area contributed by atoms with Gasteiger partial charge < -0.3 is 10.6 Å². The molecule has 128 valence electrons. The zero-order valence-corrected chi connectivity index (χ0v) is 14.3. The molecule has 0 saturated heterocycles. The number of carbonyl (C=O) groups is 2. The molecule has 2 amide bonds. The normalized spacial score (nSPS) is 10.4. The van der Waals surface area contributed by atoms with Crippen LogP contribution < -0.4 is 10.6 Å². The Morgan fingerprint density at radius 2 is 2.16 bits per heavy atom. The van der Waals surface area contributed by atoms with Crippen molar-refractivity contribution in [1.29, 1.82) is 0 Å². The molecule has 8 nitrogen and oxygen atoms in total. The van der Waals surface area contributed by atoms with Gasteiger partial charge in [0, 0.05) is 28.7 Å². The lowest BCUT2D eigenvalue weighted by Crippen LogP contribution is -2.23. The van der Waals surface area contributed by atoms with E-state index in [9.17, 15) is 9.59 Å². The number of rotatable bonds is 6. The SMILES string of the molecule is CCNC(=O)c1cccc(NC(=O)Cn2nnc(-c3ccsc3)n2)c1. The van der Waals surface area contributed by atoms with Crippen LogP contribution in [0.5, 0.6) is 0 Å². The fourth-order valence-electron chi connectivity index (χ4n) is 2.15. The third-order valence-corrected chi connectivity index (χ3v) is 3.95. The van der Waals surface area contributed by atoms with E-state index in [2.05, 4.69) is 26.0 Å². The molecule has 0 aliphatic rings. The van der Waals surface area contributed by atoms with Crippen molar-refractivity contribution >= 4 is 28.8 Å². The van der Waals surface area contributed by atoms with Crippen molar-refractivity contribution in [3.8, 4) is 11.4 Å². The van der Waals surface area contributed by atoms with Crippen LogP contribution in [0.3, 0.4) is 0 Å². The van der Waals surface area contributed by atoms with Gasteiger partial charge in [0.05, 0.1) is 0 Å². The summed E-state index contributed by atoms with van der Waals surface area (Å²) in [7, 11) is 0. The van der Waals surface area contributed by atoms with Gasteiger partial charge in [-0.2, -0.15) is 16.1 Å².